The zero-order valence-electron chi connectivity index (χ0n) is 9.27. The Morgan fingerprint density at radius 3 is 2.47 bits per heavy atom. The summed E-state index contributed by atoms with van der Waals surface area (Å²) in [5.74, 6) is 0. The highest BCUT2D eigenvalue weighted by atomic mass is 35.5. The van der Waals surface area contributed by atoms with Crippen LogP contribution in [0.4, 0.5) is 0 Å². The van der Waals surface area contributed by atoms with E-state index in [0.29, 0.717) is 10.0 Å². The van der Waals surface area contributed by atoms with Crippen molar-refractivity contribution in [1.82, 2.24) is 5.10 Å². The molecule has 1 aromatic heterocycles. The van der Waals surface area contributed by atoms with Gasteiger partial charge in [-0.15, -0.1) is 0 Å². The Morgan fingerprint density at radius 1 is 1.06 bits per heavy atom. The van der Waals surface area contributed by atoms with Gasteiger partial charge in [0.05, 0.1) is 10.0 Å². The largest absolute Gasteiger partial charge is 0.196 e. The molecule has 1 aromatic carbocycles. The lowest BCUT2D eigenvalue weighted by atomic mass is 10.2. The van der Waals surface area contributed by atoms with E-state index in [1.54, 1.807) is 16.9 Å². The molecular weight excluding hydrogens is 255 g/mol. The molecule has 0 saturated carbocycles. The van der Waals surface area contributed by atoms with Crippen molar-refractivity contribution in [3.8, 4) is 0 Å². The lowest BCUT2D eigenvalue weighted by Gasteiger charge is -1.97. The molecule has 2 aromatic rings. The van der Waals surface area contributed by atoms with Gasteiger partial charge in [0.1, 0.15) is 6.20 Å². The van der Waals surface area contributed by atoms with Crippen LogP contribution in [0.15, 0.2) is 36.7 Å². The average molecular weight is 266 g/mol. The number of nitrogens with zero attached hydrogens (tertiary/aromatic N) is 2. The van der Waals surface area contributed by atoms with E-state index >= 15 is 0 Å². The molecular formula is C13H11Cl2N2+. The molecule has 0 aliphatic rings. The predicted octanol–water partition coefficient (Wildman–Crippen LogP) is 3.38. The topological polar surface area (TPSA) is 16.8 Å². The summed E-state index contributed by atoms with van der Waals surface area (Å²) in [6.07, 6.45) is 7.65. The van der Waals surface area contributed by atoms with Crippen LogP contribution in [0.2, 0.25) is 10.0 Å². The molecule has 0 aliphatic heterocycles. The van der Waals surface area contributed by atoms with Gasteiger partial charge in [-0.1, -0.05) is 46.1 Å². The van der Waals surface area contributed by atoms with Gasteiger partial charge in [-0.2, -0.15) is 0 Å². The van der Waals surface area contributed by atoms with E-state index in [1.807, 2.05) is 43.6 Å². The van der Waals surface area contributed by atoms with Crippen molar-refractivity contribution in [2.24, 2.45) is 7.05 Å². The van der Waals surface area contributed by atoms with Crippen LogP contribution >= 0.6 is 23.2 Å². The van der Waals surface area contributed by atoms with Crippen LogP contribution in [0.5, 0.6) is 0 Å². The quantitative estimate of drug-likeness (QED) is 0.761. The van der Waals surface area contributed by atoms with E-state index in [2.05, 4.69) is 5.10 Å². The molecule has 1 heterocycles. The Morgan fingerprint density at radius 2 is 1.82 bits per heavy atom. The van der Waals surface area contributed by atoms with Crippen LogP contribution in [-0.4, -0.2) is 5.10 Å². The molecule has 0 bridgehead atoms. The van der Waals surface area contributed by atoms with Gasteiger partial charge < -0.3 is 0 Å². The molecule has 17 heavy (non-hydrogen) atoms. The van der Waals surface area contributed by atoms with Crippen LogP contribution in [0.3, 0.4) is 0 Å². The van der Waals surface area contributed by atoms with Crippen LogP contribution in [0.1, 0.15) is 11.1 Å². The molecule has 0 spiro atoms. The third-order valence-electron chi connectivity index (χ3n) is 2.28. The Balaban J connectivity index is 2.20. The normalized spacial score (nSPS) is 11.0. The average Bonchev–Trinajstić information content (AvgIpc) is 2.33. The van der Waals surface area contributed by atoms with Crippen LogP contribution in [0.25, 0.3) is 12.2 Å². The number of hydrogen-bond donors (Lipinski definition) is 0. The van der Waals surface area contributed by atoms with Crippen LogP contribution in [-0.2, 0) is 7.05 Å². The maximum atomic E-state index is 5.93. The first-order valence-corrected chi connectivity index (χ1v) is 5.86. The van der Waals surface area contributed by atoms with Gasteiger partial charge in [-0.25, -0.2) is 0 Å². The number of aromatic nitrogens is 2. The Bertz CT molecular complexity index is 548. The van der Waals surface area contributed by atoms with E-state index in [4.69, 9.17) is 23.2 Å². The van der Waals surface area contributed by atoms with Crippen molar-refractivity contribution < 1.29 is 4.68 Å². The first-order valence-electron chi connectivity index (χ1n) is 5.10. The van der Waals surface area contributed by atoms with Crippen molar-refractivity contribution in [3.05, 3.63) is 57.8 Å². The zero-order valence-corrected chi connectivity index (χ0v) is 10.8. The van der Waals surface area contributed by atoms with Crippen molar-refractivity contribution in [2.75, 3.05) is 0 Å². The van der Waals surface area contributed by atoms with Gasteiger partial charge in [-0.05, 0) is 22.8 Å². The molecule has 0 radical (unpaired) electrons. The molecule has 0 saturated heterocycles. The van der Waals surface area contributed by atoms with Gasteiger partial charge in [0.25, 0.3) is 0 Å². The summed E-state index contributed by atoms with van der Waals surface area (Å²) in [6, 6.07) is 7.52. The zero-order chi connectivity index (χ0) is 12.3. The van der Waals surface area contributed by atoms with E-state index in [1.165, 1.54) is 0 Å². The summed E-state index contributed by atoms with van der Waals surface area (Å²) in [5.41, 5.74) is 2.04. The van der Waals surface area contributed by atoms with Crippen molar-refractivity contribution in [2.45, 2.75) is 0 Å². The number of halogens is 2. The SMILES string of the molecule is C[n+]1ccc(C=Cc2ccc(Cl)c(Cl)c2)cn1. The van der Waals surface area contributed by atoms with Gasteiger partial charge in [0.2, 0.25) is 0 Å². The van der Waals surface area contributed by atoms with Gasteiger partial charge in [-0.3, -0.25) is 0 Å². The Labute approximate surface area is 110 Å². The number of hydrogen-bond acceptors (Lipinski definition) is 1. The van der Waals surface area contributed by atoms with E-state index < -0.39 is 0 Å². The molecule has 0 atom stereocenters. The highest BCUT2D eigenvalue weighted by molar-refractivity contribution is 6.42. The van der Waals surface area contributed by atoms with E-state index in [-0.39, 0.29) is 0 Å². The van der Waals surface area contributed by atoms with E-state index in [0.717, 1.165) is 11.1 Å². The highest BCUT2D eigenvalue weighted by Gasteiger charge is 1.97. The first kappa shape index (κ1) is 12.1. The van der Waals surface area contributed by atoms with Gasteiger partial charge in [0, 0.05) is 11.6 Å². The summed E-state index contributed by atoms with van der Waals surface area (Å²) in [6.45, 7) is 0. The predicted molar refractivity (Wildman–Crippen MR) is 70.8 cm³/mol. The smallest absolute Gasteiger partial charge is 0.0940 e. The summed E-state index contributed by atoms with van der Waals surface area (Å²) >= 11 is 11.8. The summed E-state index contributed by atoms with van der Waals surface area (Å²) in [5, 5.41) is 5.27. The molecule has 86 valence electrons. The standard InChI is InChI=1S/C13H11Cl2N2/c1-17-7-6-11(9-16-17)3-2-10-4-5-12(14)13(15)8-10/h2-9H,1H3/q+1. The van der Waals surface area contributed by atoms with Gasteiger partial charge in [0.15, 0.2) is 13.2 Å². The minimum absolute atomic E-state index is 0.561. The third kappa shape index (κ3) is 3.29. The second-order valence-corrected chi connectivity index (χ2v) is 4.46. The van der Waals surface area contributed by atoms with Crippen LogP contribution in [0, 0.1) is 0 Å². The monoisotopic (exact) mass is 265 g/mol. The lowest BCUT2D eigenvalue weighted by Crippen LogP contribution is -2.31. The molecule has 4 heteroatoms. The fourth-order valence-electron chi connectivity index (χ4n) is 1.34. The van der Waals surface area contributed by atoms with Gasteiger partial charge >= 0.3 is 0 Å². The minimum atomic E-state index is 0.561. The Kier molecular flexibility index (Phi) is 3.77. The highest BCUT2D eigenvalue weighted by Crippen LogP contribution is 2.23. The fourth-order valence-corrected chi connectivity index (χ4v) is 1.65. The Hall–Kier alpha value is -1.38. The second kappa shape index (κ2) is 5.30. The first-order chi connectivity index (χ1) is 8.15. The fraction of sp³-hybridized carbons (Fsp3) is 0.0769. The molecule has 0 aliphatic carbocycles. The lowest BCUT2D eigenvalue weighted by molar-refractivity contribution is -0.730. The molecule has 0 unspecified atom stereocenters. The summed E-state index contributed by atoms with van der Waals surface area (Å²) < 4.78 is 1.75. The summed E-state index contributed by atoms with van der Waals surface area (Å²) in [4.78, 5) is 0. The number of benzene rings is 1. The molecule has 0 amide bonds. The number of rotatable bonds is 2. The maximum Gasteiger partial charge on any atom is 0.196 e. The maximum absolute atomic E-state index is 5.93. The molecule has 2 rings (SSSR count). The van der Waals surface area contributed by atoms with Crippen LogP contribution < -0.4 is 4.68 Å². The van der Waals surface area contributed by atoms with E-state index in [9.17, 15) is 0 Å². The minimum Gasteiger partial charge on any atom is -0.0940 e. The summed E-state index contributed by atoms with van der Waals surface area (Å²) in [7, 11) is 1.88. The number of aryl methyl sites for hydroxylation is 1. The molecule has 0 fully saturated rings. The van der Waals surface area contributed by atoms with Crippen molar-refractivity contribution in [1.29, 1.82) is 0 Å². The van der Waals surface area contributed by atoms with Crippen molar-refractivity contribution >= 4 is 35.4 Å². The molecule has 2 nitrogen and oxygen atoms in total. The molecule has 0 N–H and O–H groups in total. The van der Waals surface area contributed by atoms with Crippen molar-refractivity contribution in [3.63, 3.8) is 0 Å². The second-order valence-electron chi connectivity index (χ2n) is 3.64. The third-order valence-corrected chi connectivity index (χ3v) is 3.02.